The molecule has 0 unspecified atom stereocenters. The predicted octanol–water partition coefficient (Wildman–Crippen LogP) is 4.54. The van der Waals surface area contributed by atoms with Crippen LogP contribution >= 0.6 is 0 Å². The zero-order chi connectivity index (χ0) is 13.2. The van der Waals surface area contributed by atoms with Crippen LogP contribution in [0.1, 0.15) is 66.2 Å². The molecule has 1 nitrogen and oxygen atoms in total. The van der Waals surface area contributed by atoms with Gasteiger partial charge in [0, 0.05) is 12.0 Å². The van der Waals surface area contributed by atoms with Crippen molar-refractivity contribution in [2.75, 3.05) is 13.1 Å². The van der Waals surface area contributed by atoms with Gasteiger partial charge in [0.2, 0.25) is 0 Å². The van der Waals surface area contributed by atoms with E-state index in [1.54, 1.807) is 5.57 Å². The highest BCUT2D eigenvalue weighted by Crippen LogP contribution is 2.57. The fourth-order valence-corrected chi connectivity index (χ4v) is 3.70. The molecule has 18 heavy (non-hydrogen) atoms. The minimum absolute atomic E-state index is 0.491. The second-order valence-corrected chi connectivity index (χ2v) is 7.51. The molecule has 104 valence electrons. The highest BCUT2D eigenvalue weighted by atomic mass is 14.9. The lowest BCUT2D eigenvalue weighted by Gasteiger charge is -2.55. The summed E-state index contributed by atoms with van der Waals surface area (Å²) in [5.74, 6) is 0.916. The molecule has 0 spiro atoms. The zero-order valence-corrected chi connectivity index (χ0v) is 12.8. The van der Waals surface area contributed by atoms with Gasteiger partial charge in [-0.25, -0.2) is 0 Å². The maximum Gasteiger partial charge on any atom is 0.00453 e. The SMILES string of the molecule is CCNCC1(C2=CCCCC2)CC(C(C)(C)C)C1. The van der Waals surface area contributed by atoms with Crippen molar-refractivity contribution in [3.8, 4) is 0 Å². The first-order chi connectivity index (χ1) is 8.48. The van der Waals surface area contributed by atoms with Crippen LogP contribution in [0.4, 0.5) is 0 Å². The van der Waals surface area contributed by atoms with Gasteiger partial charge in [0.25, 0.3) is 0 Å². The van der Waals surface area contributed by atoms with Gasteiger partial charge in [0.05, 0.1) is 0 Å². The van der Waals surface area contributed by atoms with Gasteiger partial charge >= 0.3 is 0 Å². The van der Waals surface area contributed by atoms with Crippen LogP contribution in [0.3, 0.4) is 0 Å². The van der Waals surface area contributed by atoms with E-state index in [0.717, 1.165) is 12.5 Å². The molecule has 1 fully saturated rings. The van der Waals surface area contributed by atoms with Crippen molar-refractivity contribution in [2.24, 2.45) is 16.7 Å². The topological polar surface area (TPSA) is 12.0 Å². The van der Waals surface area contributed by atoms with Crippen molar-refractivity contribution in [2.45, 2.75) is 66.2 Å². The molecule has 0 aliphatic heterocycles. The second-order valence-electron chi connectivity index (χ2n) is 7.51. The maximum atomic E-state index is 3.62. The zero-order valence-electron chi connectivity index (χ0n) is 12.8. The average Bonchev–Trinajstić information content (AvgIpc) is 2.27. The molecule has 0 atom stereocenters. The molecule has 0 aromatic rings. The van der Waals surface area contributed by atoms with Gasteiger partial charge in [-0.2, -0.15) is 0 Å². The maximum absolute atomic E-state index is 3.62. The molecule has 0 saturated heterocycles. The van der Waals surface area contributed by atoms with Crippen molar-refractivity contribution < 1.29 is 0 Å². The van der Waals surface area contributed by atoms with Gasteiger partial charge in [-0.15, -0.1) is 0 Å². The smallest absolute Gasteiger partial charge is 0.00453 e. The van der Waals surface area contributed by atoms with Crippen LogP contribution in [-0.4, -0.2) is 13.1 Å². The number of hydrogen-bond donors (Lipinski definition) is 1. The Hall–Kier alpha value is -0.300. The summed E-state index contributed by atoms with van der Waals surface area (Å²) in [5.41, 5.74) is 2.80. The summed E-state index contributed by atoms with van der Waals surface area (Å²) in [5, 5.41) is 3.62. The summed E-state index contributed by atoms with van der Waals surface area (Å²) < 4.78 is 0. The monoisotopic (exact) mass is 249 g/mol. The molecule has 0 aromatic heterocycles. The molecule has 0 bridgehead atoms. The minimum atomic E-state index is 0.491. The number of hydrogen-bond acceptors (Lipinski definition) is 1. The lowest BCUT2D eigenvalue weighted by Crippen LogP contribution is -2.50. The summed E-state index contributed by atoms with van der Waals surface area (Å²) in [7, 11) is 0. The van der Waals surface area contributed by atoms with Gasteiger partial charge in [0.1, 0.15) is 0 Å². The Balaban J connectivity index is 2.05. The highest BCUT2D eigenvalue weighted by molar-refractivity contribution is 5.23. The molecule has 2 aliphatic carbocycles. The molecular formula is C17H31N. The van der Waals surface area contributed by atoms with Crippen molar-refractivity contribution in [3.05, 3.63) is 11.6 Å². The van der Waals surface area contributed by atoms with Gasteiger partial charge in [-0.05, 0) is 56.4 Å². The molecule has 0 heterocycles. The molecule has 1 N–H and O–H groups in total. The van der Waals surface area contributed by atoms with Crippen molar-refractivity contribution >= 4 is 0 Å². The highest BCUT2D eigenvalue weighted by Gasteiger charge is 2.49. The van der Waals surface area contributed by atoms with E-state index in [2.05, 4.69) is 39.1 Å². The molecule has 0 amide bonds. The van der Waals surface area contributed by atoms with Crippen LogP contribution in [0.25, 0.3) is 0 Å². The first kappa shape index (κ1) is 14.1. The number of nitrogens with one attached hydrogen (secondary N) is 1. The summed E-state index contributed by atoms with van der Waals surface area (Å²) in [6.07, 6.45) is 10.9. The van der Waals surface area contributed by atoms with Crippen LogP contribution in [0.15, 0.2) is 11.6 Å². The second kappa shape index (κ2) is 5.36. The third-order valence-corrected chi connectivity index (χ3v) is 5.18. The van der Waals surface area contributed by atoms with Gasteiger partial charge in [0.15, 0.2) is 0 Å². The fourth-order valence-electron chi connectivity index (χ4n) is 3.70. The molecule has 1 heteroatoms. The van der Waals surface area contributed by atoms with Gasteiger partial charge in [-0.3, -0.25) is 0 Å². The largest absolute Gasteiger partial charge is 0.316 e. The van der Waals surface area contributed by atoms with E-state index < -0.39 is 0 Å². The molecule has 0 aromatic carbocycles. The van der Waals surface area contributed by atoms with E-state index in [4.69, 9.17) is 0 Å². The van der Waals surface area contributed by atoms with Crippen molar-refractivity contribution in [1.82, 2.24) is 5.32 Å². The predicted molar refractivity (Wildman–Crippen MR) is 79.7 cm³/mol. The van der Waals surface area contributed by atoms with Gasteiger partial charge in [-0.1, -0.05) is 39.3 Å². The average molecular weight is 249 g/mol. The van der Waals surface area contributed by atoms with Crippen molar-refractivity contribution in [3.63, 3.8) is 0 Å². The van der Waals surface area contributed by atoms with Gasteiger partial charge < -0.3 is 5.32 Å². The van der Waals surface area contributed by atoms with E-state index in [0.29, 0.717) is 10.8 Å². The third-order valence-electron chi connectivity index (χ3n) is 5.18. The minimum Gasteiger partial charge on any atom is -0.316 e. The Kier molecular flexibility index (Phi) is 4.21. The van der Waals surface area contributed by atoms with Crippen LogP contribution in [0.2, 0.25) is 0 Å². The van der Waals surface area contributed by atoms with Crippen LogP contribution < -0.4 is 5.32 Å². The van der Waals surface area contributed by atoms with E-state index in [9.17, 15) is 0 Å². The standard InChI is InChI=1S/C17H31N/c1-5-18-13-17(14-9-7-6-8-10-14)11-15(12-17)16(2,3)4/h9,15,18H,5-8,10-13H2,1-4H3. The first-order valence-electron chi connectivity index (χ1n) is 7.88. The quantitative estimate of drug-likeness (QED) is 0.721. The Morgan fingerprint density at radius 3 is 2.50 bits per heavy atom. The summed E-state index contributed by atoms with van der Waals surface area (Å²) in [4.78, 5) is 0. The molecule has 2 aliphatic rings. The van der Waals surface area contributed by atoms with Crippen LogP contribution in [-0.2, 0) is 0 Å². The van der Waals surface area contributed by atoms with Crippen molar-refractivity contribution in [1.29, 1.82) is 0 Å². The lowest BCUT2D eigenvalue weighted by molar-refractivity contribution is 0.0115. The van der Waals surface area contributed by atoms with E-state index >= 15 is 0 Å². The first-order valence-corrected chi connectivity index (χ1v) is 7.88. The lowest BCUT2D eigenvalue weighted by atomic mass is 9.51. The molecule has 1 saturated carbocycles. The molecule has 2 rings (SSSR count). The Labute approximate surface area is 113 Å². The molecular weight excluding hydrogens is 218 g/mol. The normalized spacial score (nSPS) is 32.9. The van der Waals surface area contributed by atoms with Crippen LogP contribution in [0, 0.1) is 16.7 Å². The Bertz CT molecular complexity index is 302. The molecule has 0 radical (unpaired) electrons. The summed E-state index contributed by atoms with van der Waals surface area (Å²) in [6, 6.07) is 0. The van der Waals surface area contributed by atoms with E-state index in [1.807, 2.05) is 0 Å². The third kappa shape index (κ3) is 2.82. The van der Waals surface area contributed by atoms with E-state index in [-0.39, 0.29) is 0 Å². The summed E-state index contributed by atoms with van der Waals surface area (Å²) >= 11 is 0. The number of allylic oxidation sites excluding steroid dienone is 1. The van der Waals surface area contributed by atoms with E-state index in [1.165, 1.54) is 45.1 Å². The number of rotatable bonds is 4. The Morgan fingerprint density at radius 2 is 2.00 bits per heavy atom. The fraction of sp³-hybridized carbons (Fsp3) is 0.882. The Morgan fingerprint density at radius 1 is 1.28 bits per heavy atom. The summed E-state index contributed by atoms with van der Waals surface area (Å²) in [6.45, 7) is 11.8. The van der Waals surface area contributed by atoms with Crippen LogP contribution in [0.5, 0.6) is 0 Å².